The molecule has 0 N–H and O–H groups in total. The summed E-state index contributed by atoms with van der Waals surface area (Å²) in [4.78, 5) is 25.8. The molecule has 4 atom stereocenters. The van der Waals surface area contributed by atoms with Gasteiger partial charge >= 0.3 is 6.09 Å². The number of imide groups is 1. The summed E-state index contributed by atoms with van der Waals surface area (Å²) in [5, 5.41) is 0. The fourth-order valence-electron chi connectivity index (χ4n) is 3.04. The number of carbonyl (C=O) groups is 2. The predicted octanol–water partition coefficient (Wildman–Crippen LogP) is 1.78. The molecule has 0 aromatic heterocycles. The Labute approximate surface area is 119 Å². The lowest BCUT2D eigenvalue weighted by Gasteiger charge is -2.23. The zero-order valence-electron chi connectivity index (χ0n) is 11.8. The van der Waals surface area contributed by atoms with Crippen LogP contribution in [0, 0.1) is 11.8 Å². The van der Waals surface area contributed by atoms with E-state index in [1.54, 1.807) is 0 Å². The van der Waals surface area contributed by atoms with E-state index < -0.39 is 6.09 Å². The van der Waals surface area contributed by atoms with E-state index in [1.165, 1.54) is 4.90 Å². The fourth-order valence-corrected chi connectivity index (χ4v) is 3.04. The van der Waals surface area contributed by atoms with Crippen LogP contribution in [0.25, 0.3) is 0 Å². The van der Waals surface area contributed by atoms with Crippen LogP contribution < -0.4 is 0 Å². The first kappa shape index (κ1) is 13.2. The van der Waals surface area contributed by atoms with Gasteiger partial charge in [0.15, 0.2) is 0 Å². The van der Waals surface area contributed by atoms with Crippen LogP contribution in [0.2, 0.25) is 5.82 Å². The molecule has 2 fully saturated rings. The van der Waals surface area contributed by atoms with Gasteiger partial charge in [0.1, 0.15) is 20.5 Å². The smallest absolute Gasteiger partial charge is 0.417 e. The summed E-state index contributed by atoms with van der Waals surface area (Å²) in [5.74, 6) is 0.785. The molecule has 4 nitrogen and oxygen atoms in total. The molecule has 0 bridgehead atoms. The lowest BCUT2D eigenvalue weighted by atomic mass is 9.80. The molecule has 2 unspecified atom stereocenters. The van der Waals surface area contributed by atoms with Crippen molar-refractivity contribution in [3.8, 4) is 0 Å². The SMILES string of the molecule is B[C@@H](C(=O)N1C(=O)OC[C@H]1c1ccccc1)C1CC1C. The van der Waals surface area contributed by atoms with Crippen molar-refractivity contribution in [2.45, 2.75) is 25.2 Å². The summed E-state index contributed by atoms with van der Waals surface area (Å²) in [7, 11) is 1.92. The van der Waals surface area contributed by atoms with Crippen molar-refractivity contribution in [2.24, 2.45) is 11.8 Å². The standard InChI is InChI=1S/C15H18BNO3/c1-9-7-11(9)13(16)14(18)17-12(8-20-15(17)19)10-5-3-2-4-6-10/h2-6,9,11-13H,7-8,16H2,1H3/t9?,11?,12-,13+/m0/s1. The third-order valence-electron chi connectivity index (χ3n) is 4.50. The van der Waals surface area contributed by atoms with Crippen molar-refractivity contribution in [3.05, 3.63) is 35.9 Å². The first-order chi connectivity index (χ1) is 9.59. The van der Waals surface area contributed by atoms with Crippen LogP contribution >= 0.6 is 0 Å². The summed E-state index contributed by atoms with van der Waals surface area (Å²) in [6.45, 7) is 2.40. The van der Waals surface area contributed by atoms with Crippen molar-refractivity contribution in [1.82, 2.24) is 4.90 Å². The summed E-state index contributed by atoms with van der Waals surface area (Å²) in [6.07, 6.45) is 0.565. The van der Waals surface area contributed by atoms with Crippen LogP contribution in [0.5, 0.6) is 0 Å². The topological polar surface area (TPSA) is 46.6 Å². The van der Waals surface area contributed by atoms with E-state index in [0.29, 0.717) is 11.8 Å². The molecule has 5 heteroatoms. The van der Waals surface area contributed by atoms with Crippen molar-refractivity contribution >= 4 is 19.8 Å². The zero-order chi connectivity index (χ0) is 14.3. The van der Waals surface area contributed by atoms with Crippen LogP contribution in [0.3, 0.4) is 0 Å². The van der Waals surface area contributed by atoms with E-state index >= 15 is 0 Å². The van der Waals surface area contributed by atoms with Crippen LogP contribution in [-0.2, 0) is 9.53 Å². The van der Waals surface area contributed by atoms with Crippen molar-refractivity contribution in [1.29, 1.82) is 0 Å². The van der Waals surface area contributed by atoms with Gasteiger partial charge in [-0.05, 0) is 23.8 Å². The van der Waals surface area contributed by atoms with Crippen LogP contribution in [0.4, 0.5) is 4.79 Å². The van der Waals surface area contributed by atoms with Gasteiger partial charge in [0.2, 0.25) is 5.91 Å². The Hall–Kier alpha value is -1.78. The average molecular weight is 271 g/mol. The van der Waals surface area contributed by atoms with Gasteiger partial charge in [-0.2, -0.15) is 0 Å². The lowest BCUT2D eigenvalue weighted by Crippen LogP contribution is -2.37. The summed E-state index contributed by atoms with van der Waals surface area (Å²) < 4.78 is 5.10. The van der Waals surface area contributed by atoms with Crippen molar-refractivity contribution in [3.63, 3.8) is 0 Å². The van der Waals surface area contributed by atoms with Crippen molar-refractivity contribution in [2.75, 3.05) is 6.61 Å². The molecule has 1 aliphatic heterocycles. The normalized spacial score (nSPS) is 29.9. The Kier molecular flexibility index (Phi) is 3.28. The lowest BCUT2D eigenvalue weighted by molar-refractivity contribution is -0.129. The number of ether oxygens (including phenoxy) is 1. The van der Waals surface area contributed by atoms with Gasteiger partial charge in [-0.3, -0.25) is 4.79 Å². The van der Waals surface area contributed by atoms with Gasteiger partial charge in [0.25, 0.3) is 0 Å². The molecule has 1 aromatic rings. The van der Waals surface area contributed by atoms with Crippen molar-refractivity contribution < 1.29 is 14.3 Å². The molecule has 1 aliphatic carbocycles. The highest BCUT2D eigenvalue weighted by Crippen LogP contribution is 2.47. The highest BCUT2D eigenvalue weighted by atomic mass is 16.6. The Morgan fingerprint density at radius 2 is 2.05 bits per heavy atom. The molecule has 1 aromatic carbocycles. The molecule has 0 radical (unpaired) electrons. The van der Waals surface area contributed by atoms with Crippen LogP contribution in [0.1, 0.15) is 24.9 Å². The predicted molar refractivity (Wildman–Crippen MR) is 76.9 cm³/mol. The number of amides is 2. The fraction of sp³-hybridized carbons (Fsp3) is 0.467. The van der Waals surface area contributed by atoms with Gasteiger partial charge in [0.05, 0.1) is 0 Å². The second-order valence-electron chi connectivity index (χ2n) is 5.88. The number of nitrogens with zero attached hydrogens (tertiary/aromatic N) is 1. The maximum atomic E-state index is 12.6. The second-order valence-corrected chi connectivity index (χ2v) is 5.88. The second kappa shape index (κ2) is 4.96. The van der Waals surface area contributed by atoms with E-state index in [-0.39, 0.29) is 24.4 Å². The molecule has 20 heavy (non-hydrogen) atoms. The largest absolute Gasteiger partial charge is 0.446 e. The molecule has 0 spiro atoms. The van der Waals surface area contributed by atoms with Crippen LogP contribution in [0.15, 0.2) is 30.3 Å². The van der Waals surface area contributed by atoms with Gasteiger partial charge in [0, 0.05) is 5.82 Å². The minimum absolute atomic E-state index is 0.101. The summed E-state index contributed by atoms with van der Waals surface area (Å²) in [5.41, 5.74) is 0.947. The molecule has 1 saturated heterocycles. The maximum absolute atomic E-state index is 12.6. The average Bonchev–Trinajstić information content (AvgIpc) is 3.06. The Morgan fingerprint density at radius 1 is 1.40 bits per heavy atom. The van der Waals surface area contributed by atoms with Gasteiger partial charge in [-0.25, -0.2) is 9.69 Å². The first-order valence-corrected chi connectivity index (χ1v) is 7.14. The first-order valence-electron chi connectivity index (χ1n) is 7.14. The zero-order valence-corrected chi connectivity index (χ0v) is 11.8. The monoisotopic (exact) mass is 271 g/mol. The van der Waals surface area contributed by atoms with E-state index in [2.05, 4.69) is 6.92 Å². The quantitative estimate of drug-likeness (QED) is 0.787. The summed E-state index contributed by atoms with van der Waals surface area (Å²) >= 11 is 0. The molecule has 2 amide bonds. The molecular weight excluding hydrogens is 253 g/mol. The number of cyclic esters (lactones) is 1. The molecular formula is C15H18BNO3. The Balaban J connectivity index is 1.82. The Bertz CT molecular complexity index is 533. The van der Waals surface area contributed by atoms with E-state index in [9.17, 15) is 9.59 Å². The molecule has 104 valence electrons. The number of benzene rings is 1. The number of hydrogen-bond donors (Lipinski definition) is 0. The molecule has 2 aliphatic rings. The highest BCUT2D eigenvalue weighted by Gasteiger charge is 2.46. The number of rotatable bonds is 3. The van der Waals surface area contributed by atoms with Gasteiger partial charge in [-0.1, -0.05) is 37.3 Å². The van der Waals surface area contributed by atoms with E-state index in [4.69, 9.17) is 4.74 Å². The van der Waals surface area contributed by atoms with E-state index in [1.807, 2.05) is 38.2 Å². The van der Waals surface area contributed by atoms with Crippen LogP contribution in [-0.4, -0.2) is 31.4 Å². The number of carbonyl (C=O) groups excluding carboxylic acids is 2. The van der Waals surface area contributed by atoms with Gasteiger partial charge < -0.3 is 4.74 Å². The third kappa shape index (κ3) is 2.21. The maximum Gasteiger partial charge on any atom is 0.417 e. The Morgan fingerprint density at radius 3 is 2.65 bits per heavy atom. The highest BCUT2D eigenvalue weighted by molar-refractivity contribution is 6.25. The summed E-state index contributed by atoms with van der Waals surface area (Å²) in [6, 6.07) is 9.31. The minimum atomic E-state index is -0.510. The number of hydrogen-bond acceptors (Lipinski definition) is 3. The molecule has 1 saturated carbocycles. The molecule has 1 heterocycles. The third-order valence-corrected chi connectivity index (χ3v) is 4.50. The van der Waals surface area contributed by atoms with E-state index in [0.717, 1.165) is 12.0 Å². The minimum Gasteiger partial charge on any atom is -0.446 e. The molecule has 3 rings (SSSR count). The van der Waals surface area contributed by atoms with Gasteiger partial charge in [-0.15, -0.1) is 0 Å².